The summed E-state index contributed by atoms with van der Waals surface area (Å²) < 4.78 is 39.1. The number of sulfonamides is 1. The molecule has 1 amide bonds. The summed E-state index contributed by atoms with van der Waals surface area (Å²) in [6.07, 6.45) is 0. The van der Waals surface area contributed by atoms with Gasteiger partial charge in [0, 0.05) is 22.2 Å². The van der Waals surface area contributed by atoms with Crippen LogP contribution in [0.1, 0.15) is 10.4 Å². The van der Waals surface area contributed by atoms with E-state index in [-0.39, 0.29) is 10.0 Å². The Morgan fingerprint density at radius 1 is 1.17 bits per heavy atom. The molecule has 1 N–H and O–H groups in total. The van der Waals surface area contributed by atoms with Crippen LogP contribution in [0, 0.1) is 15.9 Å². The van der Waals surface area contributed by atoms with Crippen molar-refractivity contribution >= 4 is 37.5 Å². The minimum absolute atomic E-state index is 0.0579. The lowest BCUT2D eigenvalue weighted by molar-refractivity contribution is -0.385. The summed E-state index contributed by atoms with van der Waals surface area (Å²) in [6, 6.07) is 7.37. The number of benzene rings is 2. The molecule has 0 bridgehead atoms. The van der Waals surface area contributed by atoms with Gasteiger partial charge in [0.05, 0.1) is 4.92 Å². The highest BCUT2D eigenvalue weighted by Crippen LogP contribution is 2.26. The Morgan fingerprint density at radius 2 is 1.78 bits per heavy atom. The van der Waals surface area contributed by atoms with Gasteiger partial charge in [0.2, 0.25) is 0 Å². The molecule has 0 aromatic heterocycles. The Morgan fingerprint density at radius 3 is 2.35 bits per heavy atom. The molecule has 120 valence electrons. The van der Waals surface area contributed by atoms with E-state index in [9.17, 15) is 27.7 Å². The van der Waals surface area contributed by atoms with Crippen LogP contribution in [0.25, 0.3) is 0 Å². The molecule has 0 aliphatic heterocycles. The van der Waals surface area contributed by atoms with Gasteiger partial charge in [-0.15, -0.1) is 0 Å². The van der Waals surface area contributed by atoms with Crippen molar-refractivity contribution in [2.45, 2.75) is 4.90 Å². The third-order valence-corrected chi connectivity index (χ3v) is 5.07. The highest BCUT2D eigenvalue weighted by Gasteiger charge is 2.24. The van der Waals surface area contributed by atoms with Gasteiger partial charge in [-0.1, -0.05) is 0 Å². The number of nitro groups is 1. The van der Waals surface area contributed by atoms with Crippen LogP contribution in [0.4, 0.5) is 10.1 Å². The number of nitrogens with zero attached hydrogens (tertiary/aromatic N) is 1. The first-order chi connectivity index (χ1) is 10.7. The number of nitro benzene ring substituents is 1. The summed E-state index contributed by atoms with van der Waals surface area (Å²) in [7, 11) is -4.35. The predicted octanol–water partition coefficient (Wildman–Crippen LogP) is 2.62. The quantitative estimate of drug-likeness (QED) is 0.624. The van der Waals surface area contributed by atoms with Crippen LogP contribution in [0.2, 0.25) is 0 Å². The Bertz CT molecular complexity index is 884. The summed E-state index contributed by atoms with van der Waals surface area (Å²) in [5.41, 5.74) is -0.515. The van der Waals surface area contributed by atoms with Gasteiger partial charge < -0.3 is 0 Å². The fourth-order valence-corrected chi connectivity index (χ4v) is 3.61. The number of rotatable bonds is 4. The van der Waals surface area contributed by atoms with Crippen molar-refractivity contribution < 1.29 is 22.5 Å². The molecule has 0 saturated heterocycles. The lowest BCUT2D eigenvalue weighted by Crippen LogP contribution is -2.30. The van der Waals surface area contributed by atoms with Crippen molar-refractivity contribution in [2.75, 3.05) is 0 Å². The normalized spacial score (nSPS) is 11.0. The molecular formula is C13H8BrFN2O5S. The molecule has 0 atom stereocenters. The second-order valence-corrected chi connectivity index (χ2v) is 6.82. The summed E-state index contributed by atoms with van der Waals surface area (Å²) in [5, 5.41) is 10.7. The number of amides is 1. The van der Waals surface area contributed by atoms with Crippen molar-refractivity contribution in [3.8, 4) is 0 Å². The van der Waals surface area contributed by atoms with Crippen molar-refractivity contribution in [1.29, 1.82) is 0 Å². The number of hydrogen-bond donors (Lipinski definition) is 1. The zero-order valence-electron chi connectivity index (χ0n) is 11.2. The van der Waals surface area contributed by atoms with Crippen LogP contribution < -0.4 is 4.72 Å². The molecule has 0 saturated carbocycles. The number of non-ortho nitro benzene ring substituents is 1. The van der Waals surface area contributed by atoms with Crippen LogP contribution in [0.3, 0.4) is 0 Å². The summed E-state index contributed by atoms with van der Waals surface area (Å²) in [5.74, 6) is -1.56. The Balaban J connectivity index is 2.35. The van der Waals surface area contributed by atoms with Gasteiger partial charge in [-0.25, -0.2) is 17.5 Å². The van der Waals surface area contributed by atoms with E-state index in [2.05, 4.69) is 15.9 Å². The maximum atomic E-state index is 12.8. The second kappa shape index (κ2) is 6.42. The topological polar surface area (TPSA) is 106 Å². The van der Waals surface area contributed by atoms with Gasteiger partial charge in [-0.2, -0.15) is 0 Å². The average molecular weight is 403 g/mol. The van der Waals surface area contributed by atoms with Crippen molar-refractivity contribution in [1.82, 2.24) is 4.72 Å². The van der Waals surface area contributed by atoms with Crippen LogP contribution in [0.15, 0.2) is 51.8 Å². The lowest BCUT2D eigenvalue weighted by Gasteiger charge is -2.08. The van der Waals surface area contributed by atoms with Gasteiger partial charge >= 0.3 is 0 Å². The maximum absolute atomic E-state index is 12.8. The molecule has 0 aliphatic carbocycles. The smallest absolute Gasteiger partial charge is 0.268 e. The molecule has 0 unspecified atom stereocenters. The van der Waals surface area contributed by atoms with Gasteiger partial charge in [-0.3, -0.25) is 14.9 Å². The molecule has 23 heavy (non-hydrogen) atoms. The minimum Gasteiger partial charge on any atom is -0.268 e. The van der Waals surface area contributed by atoms with Crippen LogP contribution in [-0.4, -0.2) is 19.2 Å². The molecule has 2 aromatic carbocycles. The monoisotopic (exact) mass is 402 g/mol. The van der Waals surface area contributed by atoms with Gasteiger partial charge in [0.25, 0.3) is 21.6 Å². The third-order valence-electron chi connectivity index (χ3n) is 2.75. The molecule has 0 heterocycles. The highest BCUT2D eigenvalue weighted by atomic mass is 79.9. The number of carbonyl (C=O) groups is 1. The van der Waals surface area contributed by atoms with Gasteiger partial charge in [0.15, 0.2) is 0 Å². The molecule has 10 heteroatoms. The van der Waals surface area contributed by atoms with E-state index in [1.165, 1.54) is 6.07 Å². The highest BCUT2D eigenvalue weighted by molar-refractivity contribution is 9.10. The van der Waals surface area contributed by atoms with Crippen LogP contribution in [0.5, 0.6) is 0 Å². The first-order valence-electron chi connectivity index (χ1n) is 5.97. The fourth-order valence-electron chi connectivity index (χ4n) is 1.65. The molecule has 0 aliphatic rings. The SMILES string of the molecule is O=C(NS(=O)(=O)c1cc([N+](=O)[O-])ccc1Br)c1ccc(F)cc1. The molecule has 7 nitrogen and oxygen atoms in total. The Kier molecular flexibility index (Phi) is 4.76. The molecule has 2 aromatic rings. The minimum atomic E-state index is -4.35. The average Bonchev–Trinajstić information content (AvgIpc) is 2.47. The predicted molar refractivity (Wildman–Crippen MR) is 81.8 cm³/mol. The van der Waals surface area contributed by atoms with E-state index in [1.54, 1.807) is 4.72 Å². The Hall–Kier alpha value is -2.33. The van der Waals surface area contributed by atoms with E-state index in [0.717, 1.165) is 36.4 Å². The van der Waals surface area contributed by atoms with Gasteiger partial charge in [0.1, 0.15) is 10.7 Å². The molecular weight excluding hydrogens is 395 g/mol. The van der Waals surface area contributed by atoms with Crippen LogP contribution >= 0.6 is 15.9 Å². The number of carbonyl (C=O) groups excluding carboxylic acids is 1. The molecule has 2 rings (SSSR count). The van der Waals surface area contributed by atoms with E-state index in [0.29, 0.717) is 0 Å². The van der Waals surface area contributed by atoms with E-state index in [1.807, 2.05) is 0 Å². The molecule has 0 fully saturated rings. The number of hydrogen-bond acceptors (Lipinski definition) is 5. The van der Waals surface area contributed by atoms with E-state index >= 15 is 0 Å². The summed E-state index contributed by atoms with van der Waals surface area (Å²) in [4.78, 5) is 21.4. The standard InChI is InChI=1S/C13H8BrFN2O5S/c14-11-6-5-10(17(19)20)7-12(11)23(21,22)16-13(18)8-1-3-9(15)4-2-8/h1-7H,(H,16,18). The number of nitrogens with one attached hydrogen (secondary N) is 1. The van der Waals surface area contributed by atoms with Crippen LogP contribution in [-0.2, 0) is 10.0 Å². The van der Waals surface area contributed by atoms with Crippen molar-refractivity contribution in [3.63, 3.8) is 0 Å². The van der Waals surface area contributed by atoms with E-state index < -0.39 is 37.3 Å². The number of halogens is 2. The van der Waals surface area contributed by atoms with Crippen molar-refractivity contribution in [2.24, 2.45) is 0 Å². The maximum Gasteiger partial charge on any atom is 0.270 e. The second-order valence-electron chi connectivity index (χ2n) is 4.31. The molecule has 0 spiro atoms. The fraction of sp³-hybridized carbons (Fsp3) is 0. The zero-order valence-corrected chi connectivity index (χ0v) is 13.6. The third kappa shape index (κ3) is 3.90. The lowest BCUT2D eigenvalue weighted by atomic mass is 10.2. The Labute approximate surface area is 138 Å². The summed E-state index contributed by atoms with van der Waals surface area (Å²) in [6.45, 7) is 0. The van der Waals surface area contributed by atoms with E-state index in [4.69, 9.17) is 0 Å². The van der Waals surface area contributed by atoms with Crippen molar-refractivity contribution in [3.05, 3.63) is 68.4 Å². The van der Waals surface area contributed by atoms with Gasteiger partial charge in [-0.05, 0) is 46.3 Å². The summed E-state index contributed by atoms with van der Waals surface area (Å²) >= 11 is 2.97. The first kappa shape index (κ1) is 17.0. The largest absolute Gasteiger partial charge is 0.270 e. The zero-order chi connectivity index (χ0) is 17.2. The molecule has 0 radical (unpaired) electrons. The first-order valence-corrected chi connectivity index (χ1v) is 8.25.